The van der Waals surface area contributed by atoms with Crippen molar-refractivity contribution in [3.8, 4) is 0 Å². The summed E-state index contributed by atoms with van der Waals surface area (Å²) in [4.78, 5) is 0. The van der Waals surface area contributed by atoms with E-state index in [9.17, 15) is 0 Å². The van der Waals surface area contributed by atoms with Crippen LogP contribution in [0, 0.1) is 6.92 Å². The van der Waals surface area contributed by atoms with Crippen LogP contribution in [0.3, 0.4) is 0 Å². The van der Waals surface area contributed by atoms with Gasteiger partial charge in [0.2, 0.25) is 0 Å². The summed E-state index contributed by atoms with van der Waals surface area (Å²) in [7, 11) is 0. The molecule has 2 rings (SSSR count). The van der Waals surface area contributed by atoms with Gasteiger partial charge in [-0.25, -0.2) is 0 Å². The van der Waals surface area contributed by atoms with Crippen molar-refractivity contribution in [1.82, 2.24) is 19.6 Å². The maximum atomic E-state index is 5.70. The Morgan fingerprint density at radius 3 is 2.60 bits per heavy atom. The average Bonchev–Trinajstić information content (AvgIpc) is 2.72. The van der Waals surface area contributed by atoms with Crippen LogP contribution >= 0.6 is 15.9 Å². The van der Waals surface area contributed by atoms with E-state index in [1.165, 1.54) is 0 Å². The molecule has 5 nitrogen and oxygen atoms in total. The molecule has 0 atom stereocenters. The second kappa shape index (κ2) is 4.06. The molecule has 80 valence electrons. The topological polar surface area (TPSA) is 61.7 Å². The molecule has 15 heavy (non-hydrogen) atoms. The average molecular weight is 270 g/mol. The largest absolute Gasteiger partial charge is 0.396 e. The van der Waals surface area contributed by atoms with E-state index in [-0.39, 0.29) is 0 Å². The number of nitrogens with zero attached hydrogens (tertiary/aromatic N) is 4. The number of nitrogen functional groups attached to an aromatic ring is 1. The van der Waals surface area contributed by atoms with Gasteiger partial charge in [-0.05, 0) is 22.9 Å². The molecule has 0 saturated carbocycles. The minimum atomic E-state index is 0.733. The van der Waals surface area contributed by atoms with Gasteiger partial charge in [-0.2, -0.15) is 10.2 Å². The monoisotopic (exact) mass is 269 g/mol. The van der Waals surface area contributed by atoms with E-state index >= 15 is 0 Å². The highest BCUT2D eigenvalue weighted by atomic mass is 79.9. The summed E-state index contributed by atoms with van der Waals surface area (Å²) >= 11 is 3.35. The third kappa shape index (κ3) is 2.38. The summed E-state index contributed by atoms with van der Waals surface area (Å²) in [5.41, 5.74) is 7.31. The molecule has 0 amide bonds. The van der Waals surface area contributed by atoms with Crippen molar-refractivity contribution in [3.05, 3.63) is 28.8 Å². The van der Waals surface area contributed by atoms with Crippen molar-refractivity contribution in [2.45, 2.75) is 20.0 Å². The Kier molecular flexibility index (Phi) is 2.77. The summed E-state index contributed by atoms with van der Waals surface area (Å²) in [6.07, 6.45) is 5.54. The SMILES string of the molecule is Cc1nn(CCn2cc(Br)cn2)cc1N. The number of nitrogens with two attached hydrogens (primary N) is 1. The molecule has 0 aliphatic heterocycles. The number of aromatic nitrogens is 4. The molecule has 0 aliphatic rings. The Labute approximate surface area is 96.0 Å². The maximum absolute atomic E-state index is 5.70. The summed E-state index contributed by atoms with van der Waals surface area (Å²) in [6, 6.07) is 0. The highest BCUT2D eigenvalue weighted by Gasteiger charge is 2.01. The molecule has 2 aromatic rings. The van der Waals surface area contributed by atoms with Crippen LogP contribution in [-0.4, -0.2) is 19.6 Å². The lowest BCUT2D eigenvalue weighted by molar-refractivity contribution is 0.498. The molecule has 2 aromatic heterocycles. The van der Waals surface area contributed by atoms with E-state index < -0.39 is 0 Å². The molecule has 0 aliphatic carbocycles. The van der Waals surface area contributed by atoms with Gasteiger partial charge in [-0.15, -0.1) is 0 Å². The van der Waals surface area contributed by atoms with Gasteiger partial charge in [-0.1, -0.05) is 0 Å². The van der Waals surface area contributed by atoms with Crippen molar-refractivity contribution < 1.29 is 0 Å². The molecule has 0 fully saturated rings. The summed E-state index contributed by atoms with van der Waals surface area (Å²) in [5, 5.41) is 8.43. The second-order valence-electron chi connectivity index (χ2n) is 3.35. The van der Waals surface area contributed by atoms with Crippen LogP contribution in [0.1, 0.15) is 5.69 Å². The van der Waals surface area contributed by atoms with Crippen LogP contribution in [0.25, 0.3) is 0 Å². The highest BCUT2D eigenvalue weighted by molar-refractivity contribution is 9.10. The molecule has 0 bridgehead atoms. The van der Waals surface area contributed by atoms with E-state index in [2.05, 4.69) is 26.1 Å². The summed E-state index contributed by atoms with van der Waals surface area (Å²) in [6.45, 7) is 3.45. The van der Waals surface area contributed by atoms with Crippen molar-refractivity contribution in [3.63, 3.8) is 0 Å². The lowest BCUT2D eigenvalue weighted by atomic mass is 10.4. The fourth-order valence-electron chi connectivity index (χ4n) is 1.31. The van der Waals surface area contributed by atoms with Crippen molar-refractivity contribution in [2.24, 2.45) is 0 Å². The first kappa shape index (κ1) is 10.2. The maximum Gasteiger partial charge on any atom is 0.0822 e. The highest BCUT2D eigenvalue weighted by Crippen LogP contribution is 2.08. The van der Waals surface area contributed by atoms with E-state index in [4.69, 9.17) is 5.73 Å². The number of halogens is 1. The molecule has 0 unspecified atom stereocenters. The molecule has 0 aromatic carbocycles. The number of hydrogen-bond donors (Lipinski definition) is 1. The molecular weight excluding hydrogens is 258 g/mol. The van der Waals surface area contributed by atoms with Crippen molar-refractivity contribution >= 4 is 21.6 Å². The number of anilines is 1. The molecule has 6 heteroatoms. The molecule has 2 N–H and O–H groups in total. The Morgan fingerprint density at radius 1 is 1.33 bits per heavy atom. The fourth-order valence-corrected chi connectivity index (χ4v) is 1.64. The number of hydrogen-bond acceptors (Lipinski definition) is 3. The predicted octanol–water partition coefficient (Wildman–Crippen LogP) is 1.43. The van der Waals surface area contributed by atoms with Crippen LogP contribution in [-0.2, 0) is 13.1 Å². The van der Waals surface area contributed by atoms with Crippen LogP contribution in [0.2, 0.25) is 0 Å². The van der Waals surface area contributed by atoms with Gasteiger partial charge < -0.3 is 5.73 Å². The van der Waals surface area contributed by atoms with Gasteiger partial charge in [0.05, 0.1) is 35.1 Å². The zero-order valence-corrected chi connectivity index (χ0v) is 9.98. The molecular formula is C9H12BrN5. The number of aryl methyl sites for hydroxylation is 3. The first-order chi connectivity index (χ1) is 7.15. The van der Waals surface area contributed by atoms with E-state index in [1.807, 2.05) is 28.7 Å². The first-order valence-electron chi connectivity index (χ1n) is 4.62. The zero-order valence-electron chi connectivity index (χ0n) is 8.39. The Bertz CT molecular complexity index is 439. The normalized spacial score (nSPS) is 10.8. The second-order valence-corrected chi connectivity index (χ2v) is 4.27. The lowest BCUT2D eigenvalue weighted by Crippen LogP contribution is -2.08. The van der Waals surface area contributed by atoms with Crippen LogP contribution in [0.15, 0.2) is 23.1 Å². The Balaban J connectivity index is 1.99. The lowest BCUT2D eigenvalue weighted by Gasteiger charge is -2.01. The minimum Gasteiger partial charge on any atom is -0.396 e. The third-order valence-corrected chi connectivity index (χ3v) is 2.55. The fraction of sp³-hybridized carbons (Fsp3) is 0.333. The summed E-state index contributed by atoms with van der Waals surface area (Å²) in [5.74, 6) is 0. The third-order valence-electron chi connectivity index (χ3n) is 2.14. The van der Waals surface area contributed by atoms with Crippen LogP contribution in [0.4, 0.5) is 5.69 Å². The van der Waals surface area contributed by atoms with Crippen molar-refractivity contribution in [1.29, 1.82) is 0 Å². The minimum absolute atomic E-state index is 0.733. The summed E-state index contributed by atoms with van der Waals surface area (Å²) < 4.78 is 4.68. The first-order valence-corrected chi connectivity index (χ1v) is 5.42. The van der Waals surface area contributed by atoms with Gasteiger partial charge >= 0.3 is 0 Å². The standard InChI is InChI=1S/C9H12BrN5/c1-7-9(11)6-15(13-7)3-2-14-5-8(10)4-12-14/h4-6H,2-3,11H2,1H3. The van der Waals surface area contributed by atoms with E-state index in [1.54, 1.807) is 6.20 Å². The predicted molar refractivity (Wildman–Crippen MR) is 61.3 cm³/mol. The molecule has 0 radical (unpaired) electrons. The van der Waals surface area contributed by atoms with Gasteiger partial charge in [0, 0.05) is 12.4 Å². The van der Waals surface area contributed by atoms with Crippen molar-refractivity contribution in [2.75, 3.05) is 5.73 Å². The molecule has 0 spiro atoms. The van der Waals surface area contributed by atoms with Gasteiger partial charge in [0.1, 0.15) is 0 Å². The smallest absolute Gasteiger partial charge is 0.0822 e. The van der Waals surface area contributed by atoms with E-state index in [0.717, 1.165) is 28.9 Å². The molecule has 2 heterocycles. The van der Waals surface area contributed by atoms with E-state index in [0.29, 0.717) is 0 Å². The zero-order chi connectivity index (χ0) is 10.8. The van der Waals surface area contributed by atoms with Crippen LogP contribution < -0.4 is 5.73 Å². The number of rotatable bonds is 3. The Hall–Kier alpha value is -1.30. The molecule has 0 saturated heterocycles. The van der Waals surface area contributed by atoms with Crippen LogP contribution in [0.5, 0.6) is 0 Å². The quantitative estimate of drug-likeness (QED) is 0.917. The van der Waals surface area contributed by atoms with Gasteiger partial charge in [0.15, 0.2) is 0 Å². The van der Waals surface area contributed by atoms with Gasteiger partial charge in [0.25, 0.3) is 0 Å². The Morgan fingerprint density at radius 2 is 2.07 bits per heavy atom. The van der Waals surface area contributed by atoms with Gasteiger partial charge in [-0.3, -0.25) is 9.36 Å².